The molecule has 3 heterocycles. The maximum Gasteiger partial charge on any atom is 0.238 e. The van der Waals surface area contributed by atoms with Gasteiger partial charge in [0.1, 0.15) is 0 Å². The molecule has 0 amide bonds. The Morgan fingerprint density at radius 3 is 1.54 bits per heavy atom. The van der Waals surface area contributed by atoms with Crippen molar-refractivity contribution >= 4 is 43.6 Å². The second-order valence-corrected chi connectivity index (χ2v) is 12.8. The molecule has 0 radical (unpaired) electrons. The molecule has 0 spiro atoms. The van der Waals surface area contributed by atoms with Crippen LogP contribution in [0.25, 0.3) is 89.2 Å². The molecule has 0 bridgehead atoms. The van der Waals surface area contributed by atoms with Gasteiger partial charge in [-0.1, -0.05) is 121 Å². The van der Waals surface area contributed by atoms with E-state index in [1.165, 1.54) is 21.8 Å². The van der Waals surface area contributed by atoms with Gasteiger partial charge in [0.15, 0.2) is 11.6 Å². The van der Waals surface area contributed by atoms with Crippen LogP contribution in [0.5, 0.6) is 0 Å². The second kappa shape index (κ2) is 11.9. The molecule has 7 aromatic carbocycles. The quantitative estimate of drug-likeness (QED) is 0.184. The van der Waals surface area contributed by atoms with Crippen LogP contribution in [0.15, 0.2) is 170 Å². The lowest BCUT2D eigenvalue weighted by Gasteiger charge is -2.11. The van der Waals surface area contributed by atoms with Gasteiger partial charge in [-0.3, -0.25) is 4.57 Å². The fourth-order valence-electron chi connectivity index (χ4n) is 7.39. The van der Waals surface area contributed by atoms with E-state index in [0.29, 0.717) is 23.2 Å². The van der Waals surface area contributed by atoms with Gasteiger partial charge in [0, 0.05) is 38.4 Å². The Morgan fingerprint density at radius 2 is 0.923 bits per heavy atom. The van der Waals surface area contributed by atoms with Gasteiger partial charge in [0.05, 0.1) is 33.7 Å². The molecule has 0 aliphatic carbocycles. The smallest absolute Gasteiger partial charge is 0.238 e. The minimum Gasteiger partial charge on any atom is -0.309 e. The van der Waals surface area contributed by atoms with Crippen molar-refractivity contribution in [3.8, 4) is 51.6 Å². The lowest BCUT2D eigenvalue weighted by Crippen LogP contribution is -2.06. The van der Waals surface area contributed by atoms with Crippen LogP contribution in [0.2, 0.25) is 0 Å². The summed E-state index contributed by atoms with van der Waals surface area (Å²) in [5, 5.41) is 14.5. The first-order valence-corrected chi connectivity index (χ1v) is 17.2. The molecule has 10 aromatic rings. The van der Waals surface area contributed by atoms with Crippen molar-refractivity contribution in [1.29, 1.82) is 5.26 Å². The van der Waals surface area contributed by atoms with Crippen molar-refractivity contribution in [3.63, 3.8) is 0 Å². The van der Waals surface area contributed by atoms with E-state index in [-0.39, 0.29) is 0 Å². The Labute approximate surface area is 299 Å². The molecular weight excluding hydrogens is 637 g/mol. The number of hydrogen-bond donors (Lipinski definition) is 0. The number of nitrogens with zero attached hydrogens (tertiary/aromatic N) is 6. The van der Waals surface area contributed by atoms with Gasteiger partial charge >= 0.3 is 0 Å². The summed E-state index contributed by atoms with van der Waals surface area (Å²) in [6.45, 7) is 0. The van der Waals surface area contributed by atoms with E-state index in [0.717, 1.165) is 49.7 Å². The number of nitriles is 1. The first kappa shape index (κ1) is 29.5. The van der Waals surface area contributed by atoms with Crippen LogP contribution in [0, 0.1) is 11.3 Å². The van der Waals surface area contributed by atoms with Crippen LogP contribution in [0.1, 0.15) is 5.56 Å². The third kappa shape index (κ3) is 4.76. The van der Waals surface area contributed by atoms with Gasteiger partial charge < -0.3 is 4.57 Å². The minimum atomic E-state index is 0.492. The lowest BCUT2D eigenvalue weighted by atomic mass is 10.0. The molecular formula is C46H28N6. The zero-order valence-electron chi connectivity index (χ0n) is 27.8. The standard InChI is InChI=1S/C46H28N6/c47-29-30-19-25-38-39-28-34(31-20-23-35(24-21-31)51-40-17-9-7-15-36(40)37-16-8-10-18-41(37)51)22-26-42(39)52(43(38)27-30)46-49-44(32-11-3-1-4-12-32)48-45(50-46)33-13-5-2-6-14-33/h1-28H. The fourth-order valence-corrected chi connectivity index (χ4v) is 7.39. The van der Waals surface area contributed by atoms with Crippen molar-refractivity contribution in [2.45, 2.75) is 0 Å². The van der Waals surface area contributed by atoms with Crippen LogP contribution in [-0.2, 0) is 0 Å². The van der Waals surface area contributed by atoms with Gasteiger partial charge in [0.25, 0.3) is 0 Å². The monoisotopic (exact) mass is 664 g/mol. The Balaban J connectivity index is 1.14. The van der Waals surface area contributed by atoms with Crippen molar-refractivity contribution in [2.24, 2.45) is 0 Å². The van der Waals surface area contributed by atoms with Gasteiger partial charge in [-0.25, -0.2) is 4.98 Å². The van der Waals surface area contributed by atoms with Crippen molar-refractivity contribution in [1.82, 2.24) is 24.1 Å². The second-order valence-electron chi connectivity index (χ2n) is 12.8. The van der Waals surface area contributed by atoms with Crippen LogP contribution >= 0.6 is 0 Å². The van der Waals surface area contributed by atoms with E-state index in [4.69, 9.17) is 15.0 Å². The molecule has 6 heteroatoms. The number of benzene rings is 7. The molecule has 52 heavy (non-hydrogen) atoms. The molecule has 0 fully saturated rings. The maximum atomic E-state index is 9.92. The summed E-state index contributed by atoms with van der Waals surface area (Å²) in [5.74, 6) is 1.65. The van der Waals surface area contributed by atoms with Gasteiger partial charge in [-0.05, 0) is 59.7 Å². The zero-order chi connectivity index (χ0) is 34.6. The SMILES string of the molecule is N#Cc1ccc2c3cc(-c4ccc(-n5c6ccccc6c6ccccc65)cc4)ccc3n(-c3nc(-c4ccccc4)nc(-c4ccccc4)n3)c2c1. The van der Waals surface area contributed by atoms with Crippen molar-refractivity contribution < 1.29 is 0 Å². The molecule has 0 saturated carbocycles. The zero-order valence-corrected chi connectivity index (χ0v) is 27.8. The average Bonchev–Trinajstić information content (AvgIpc) is 3.73. The van der Waals surface area contributed by atoms with E-state index < -0.39 is 0 Å². The Morgan fingerprint density at radius 1 is 0.385 bits per heavy atom. The van der Waals surface area contributed by atoms with E-state index in [1.807, 2.05) is 78.9 Å². The lowest BCUT2D eigenvalue weighted by molar-refractivity contribution is 0.953. The third-order valence-electron chi connectivity index (χ3n) is 9.82. The molecule has 0 N–H and O–H groups in total. The highest BCUT2D eigenvalue weighted by Gasteiger charge is 2.19. The normalized spacial score (nSPS) is 11.4. The van der Waals surface area contributed by atoms with Gasteiger partial charge in [0.2, 0.25) is 5.95 Å². The summed E-state index contributed by atoms with van der Waals surface area (Å²) >= 11 is 0. The Kier molecular flexibility index (Phi) is 6.76. The Bertz CT molecular complexity index is 2890. The summed E-state index contributed by atoms with van der Waals surface area (Å²) in [5.41, 5.74) is 9.85. The first-order valence-electron chi connectivity index (χ1n) is 17.2. The number of hydrogen-bond acceptors (Lipinski definition) is 4. The highest BCUT2D eigenvalue weighted by Crippen LogP contribution is 2.37. The highest BCUT2D eigenvalue weighted by molar-refractivity contribution is 6.11. The number of para-hydroxylation sites is 2. The predicted octanol–water partition coefficient (Wildman–Crippen LogP) is 10.9. The largest absolute Gasteiger partial charge is 0.309 e. The molecule has 10 rings (SSSR count). The van der Waals surface area contributed by atoms with E-state index in [1.54, 1.807) is 0 Å². The molecule has 0 aliphatic heterocycles. The minimum absolute atomic E-state index is 0.492. The van der Waals surface area contributed by atoms with Gasteiger partial charge in [-0.2, -0.15) is 15.2 Å². The molecule has 3 aromatic heterocycles. The van der Waals surface area contributed by atoms with E-state index in [2.05, 4.69) is 106 Å². The highest BCUT2D eigenvalue weighted by atomic mass is 15.2. The van der Waals surface area contributed by atoms with Crippen LogP contribution in [0.3, 0.4) is 0 Å². The number of rotatable bonds is 5. The van der Waals surface area contributed by atoms with Gasteiger partial charge in [-0.15, -0.1) is 0 Å². The third-order valence-corrected chi connectivity index (χ3v) is 9.82. The maximum absolute atomic E-state index is 9.92. The summed E-state index contributed by atoms with van der Waals surface area (Å²) in [6, 6.07) is 60.5. The Hall–Kier alpha value is -7.36. The number of aromatic nitrogens is 5. The van der Waals surface area contributed by atoms with Crippen molar-refractivity contribution in [2.75, 3.05) is 0 Å². The van der Waals surface area contributed by atoms with E-state index in [9.17, 15) is 5.26 Å². The summed E-state index contributed by atoms with van der Waals surface area (Å²) in [7, 11) is 0. The average molecular weight is 665 g/mol. The van der Waals surface area contributed by atoms with Crippen LogP contribution in [-0.4, -0.2) is 24.1 Å². The molecule has 0 saturated heterocycles. The molecule has 242 valence electrons. The molecule has 6 nitrogen and oxygen atoms in total. The fraction of sp³-hybridized carbons (Fsp3) is 0. The topological polar surface area (TPSA) is 72.3 Å². The first-order chi connectivity index (χ1) is 25.7. The molecule has 0 aliphatic rings. The summed E-state index contributed by atoms with van der Waals surface area (Å²) in [6.07, 6.45) is 0. The summed E-state index contributed by atoms with van der Waals surface area (Å²) in [4.78, 5) is 15.0. The van der Waals surface area contributed by atoms with Crippen LogP contribution in [0.4, 0.5) is 0 Å². The number of fused-ring (bicyclic) bond motifs is 6. The van der Waals surface area contributed by atoms with E-state index >= 15 is 0 Å². The summed E-state index contributed by atoms with van der Waals surface area (Å²) < 4.78 is 4.39. The van der Waals surface area contributed by atoms with Crippen LogP contribution < -0.4 is 0 Å². The van der Waals surface area contributed by atoms with Crippen molar-refractivity contribution in [3.05, 3.63) is 175 Å². The molecule has 0 unspecified atom stereocenters. The predicted molar refractivity (Wildman–Crippen MR) is 210 cm³/mol. The molecule has 0 atom stereocenters.